The highest BCUT2D eigenvalue weighted by molar-refractivity contribution is 5.92. The maximum atomic E-state index is 12.6. The number of hydrogen-bond acceptors (Lipinski definition) is 4. The van der Waals surface area contributed by atoms with Crippen molar-refractivity contribution in [3.8, 4) is 17.0 Å². The molecular formula is C24H28N4O2. The van der Waals surface area contributed by atoms with E-state index >= 15 is 0 Å². The Morgan fingerprint density at radius 3 is 2.50 bits per heavy atom. The summed E-state index contributed by atoms with van der Waals surface area (Å²) in [6.45, 7) is 10.2. The van der Waals surface area contributed by atoms with Crippen LogP contribution in [0.5, 0.6) is 5.75 Å². The Hall–Kier alpha value is -3.28. The predicted molar refractivity (Wildman–Crippen MR) is 120 cm³/mol. The highest BCUT2D eigenvalue weighted by atomic mass is 16.5. The second-order valence-corrected chi connectivity index (χ2v) is 8.61. The van der Waals surface area contributed by atoms with Crippen molar-refractivity contribution in [3.63, 3.8) is 0 Å². The van der Waals surface area contributed by atoms with Gasteiger partial charge in [-0.1, -0.05) is 12.1 Å². The summed E-state index contributed by atoms with van der Waals surface area (Å²) in [5.41, 5.74) is 14.0. The number of nitrogen functional groups attached to an aromatic ring is 1. The molecule has 0 radical (unpaired) electrons. The first-order valence-corrected chi connectivity index (χ1v) is 10.2. The van der Waals surface area contributed by atoms with E-state index < -0.39 is 0 Å². The maximum Gasteiger partial charge on any atom is 0.224 e. The van der Waals surface area contributed by atoms with Gasteiger partial charge in [0, 0.05) is 42.0 Å². The minimum absolute atomic E-state index is 0.0335. The number of aromatic amines is 1. The number of nitrogens with one attached hydrogen (secondary N) is 1. The Morgan fingerprint density at radius 2 is 1.90 bits per heavy atom. The molecule has 0 fully saturated rings. The molecule has 2 aromatic carbocycles. The lowest BCUT2D eigenvalue weighted by atomic mass is 9.91. The first-order valence-electron chi connectivity index (χ1n) is 10.2. The number of H-pyrrole nitrogens is 1. The summed E-state index contributed by atoms with van der Waals surface area (Å²) in [6.07, 6.45) is 2.49. The van der Waals surface area contributed by atoms with E-state index in [4.69, 9.17) is 10.5 Å². The molecule has 30 heavy (non-hydrogen) atoms. The molecule has 1 aliphatic rings. The van der Waals surface area contributed by atoms with Gasteiger partial charge in [0.1, 0.15) is 11.4 Å². The summed E-state index contributed by atoms with van der Waals surface area (Å²) in [5.74, 6) is 0.883. The Morgan fingerprint density at radius 1 is 1.20 bits per heavy atom. The average Bonchev–Trinajstić information content (AvgIpc) is 3.34. The van der Waals surface area contributed by atoms with Gasteiger partial charge in [-0.3, -0.25) is 9.89 Å². The highest BCUT2D eigenvalue weighted by Gasteiger charge is 2.35. The van der Waals surface area contributed by atoms with E-state index in [9.17, 15) is 4.79 Å². The fourth-order valence-corrected chi connectivity index (χ4v) is 4.15. The van der Waals surface area contributed by atoms with Crippen molar-refractivity contribution in [2.75, 3.05) is 10.6 Å². The molecule has 2 heterocycles. The largest absolute Gasteiger partial charge is 0.487 e. The van der Waals surface area contributed by atoms with Crippen LogP contribution in [0.25, 0.3) is 11.3 Å². The van der Waals surface area contributed by atoms with Crippen molar-refractivity contribution in [1.82, 2.24) is 10.2 Å². The van der Waals surface area contributed by atoms with Gasteiger partial charge < -0.3 is 15.4 Å². The zero-order valence-corrected chi connectivity index (χ0v) is 18.2. The molecule has 6 nitrogen and oxygen atoms in total. The lowest BCUT2D eigenvalue weighted by molar-refractivity contribution is -0.116. The predicted octanol–water partition coefficient (Wildman–Crippen LogP) is 4.54. The second kappa shape index (κ2) is 7.20. The average molecular weight is 405 g/mol. The lowest BCUT2D eigenvalue weighted by Crippen LogP contribution is -2.29. The molecule has 6 heteroatoms. The molecule has 3 N–H and O–H groups in total. The first-order chi connectivity index (χ1) is 14.2. The van der Waals surface area contributed by atoms with Crippen molar-refractivity contribution in [2.24, 2.45) is 0 Å². The van der Waals surface area contributed by atoms with Crippen molar-refractivity contribution in [2.45, 2.75) is 53.2 Å². The zero-order valence-electron chi connectivity index (χ0n) is 18.2. The van der Waals surface area contributed by atoms with Crippen LogP contribution in [0.1, 0.15) is 43.0 Å². The van der Waals surface area contributed by atoms with Crippen LogP contribution in [0.4, 0.5) is 11.4 Å². The van der Waals surface area contributed by atoms with E-state index in [1.807, 2.05) is 44.2 Å². The van der Waals surface area contributed by atoms with Gasteiger partial charge in [-0.25, -0.2) is 0 Å². The second-order valence-electron chi connectivity index (χ2n) is 8.61. The number of carbonyl (C=O) groups is 1. The zero-order chi connectivity index (χ0) is 21.6. The number of amides is 1. The summed E-state index contributed by atoms with van der Waals surface area (Å²) in [7, 11) is 0. The van der Waals surface area contributed by atoms with E-state index in [0.29, 0.717) is 6.54 Å². The fourth-order valence-electron chi connectivity index (χ4n) is 4.15. The third-order valence-electron chi connectivity index (χ3n) is 5.94. The fraction of sp³-hybridized carbons (Fsp3) is 0.333. The van der Waals surface area contributed by atoms with Crippen LogP contribution in [-0.2, 0) is 17.8 Å². The van der Waals surface area contributed by atoms with Gasteiger partial charge in [-0.2, -0.15) is 5.10 Å². The van der Waals surface area contributed by atoms with Crippen LogP contribution in [0, 0.1) is 13.8 Å². The van der Waals surface area contributed by atoms with Crippen LogP contribution in [0.2, 0.25) is 0 Å². The Kier molecular flexibility index (Phi) is 4.80. The van der Waals surface area contributed by atoms with Gasteiger partial charge in [0.15, 0.2) is 0 Å². The molecule has 4 rings (SSSR count). The van der Waals surface area contributed by atoms with Crippen molar-refractivity contribution < 1.29 is 9.53 Å². The topological polar surface area (TPSA) is 84.2 Å². The number of hydrogen-bond donors (Lipinski definition) is 2. The molecule has 1 amide bonds. The Labute approximate surface area is 177 Å². The summed E-state index contributed by atoms with van der Waals surface area (Å²) in [6, 6.07) is 9.79. The molecule has 1 aliphatic heterocycles. The van der Waals surface area contributed by atoms with Gasteiger partial charge in [0.25, 0.3) is 0 Å². The molecule has 1 aromatic heterocycles. The SMILES string of the molecule is CC(=O)N(Cc1c(N)c(C)c(C)c2c1CC(C)(C)O2)c1ccc(-c2ccn[nH]2)cc1. The van der Waals surface area contributed by atoms with Crippen LogP contribution < -0.4 is 15.4 Å². The number of fused-ring (bicyclic) bond motifs is 1. The third kappa shape index (κ3) is 3.43. The highest BCUT2D eigenvalue weighted by Crippen LogP contribution is 2.44. The van der Waals surface area contributed by atoms with Crippen molar-refractivity contribution in [1.29, 1.82) is 0 Å². The maximum absolute atomic E-state index is 12.6. The Bertz CT molecular complexity index is 1100. The Balaban J connectivity index is 1.72. The quantitative estimate of drug-likeness (QED) is 0.625. The van der Waals surface area contributed by atoms with Gasteiger partial charge in [0.2, 0.25) is 5.91 Å². The van der Waals surface area contributed by atoms with Crippen molar-refractivity contribution in [3.05, 3.63) is 58.8 Å². The van der Waals surface area contributed by atoms with Gasteiger partial charge >= 0.3 is 0 Å². The number of anilines is 2. The number of carbonyl (C=O) groups excluding carboxylic acids is 1. The minimum atomic E-state index is -0.283. The molecule has 0 unspecified atom stereocenters. The van der Waals surface area contributed by atoms with Crippen LogP contribution >= 0.6 is 0 Å². The lowest BCUT2D eigenvalue weighted by Gasteiger charge is -2.25. The van der Waals surface area contributed by atoms with E-state index in [1.54, 1.807) is 18.0 Å². The smallest absolute Gasteiger partial charge is 0.224 e. The van der Waals surface area contributed by atoms with Gasteiger partial charge in [-0.05, 0) is 62.6 Å². The summed E-state index contributed by atoms with van der Waals surface area (Å²) in [5, 5.41) is 6.95. The molecule has 0 spiro atoms. The molecule has 0 atom stereocenters. The minimum Gasteiger partial charge on any atom is -0.487 e. The van der Waals surface area contributed by atoms with Gasteiger partial charge in [-0.15, -0.1) is 0 Å². The molecule has 0 aliphatic carbocycles. The summed E-state index contributed by atoms with van der Waals surface area (Å²) < 4.78 is 6.24. The van der Waals surface area contributed by atoms with Crippen molar-refractivity contribution >= 4 is 17.3 Å². The molecule has 3 aromatic rings. The van der Waals surface area contributed by atoms with Crippen LogP contribution in [-0.4, -0.2) is 21.7 Å². The molecule has 156 valence electrons. The molecular weight excluding hydrogens is 376 g/mol. The number of nitrogens with zero attached hydrogens (tertiary/aromatic N) is 2. The number of nitrogens with two attached hydrogens (primary N) is 1. The van der Waals surface area contributed by atoms with Gasteiger partial charge in [0.05, 0.1) is 12.2 Å². The number of aromatic nitrogens is 2. The number of ether oxygens (including phenoxy) is 1. The van der Waals surface area contributed by atoms with E-state index in [-0.39, 0.29) is 11.5 Å². The normalized spacial score (nSPS) is 14.3. The summed E-state index contributed by atoms with van der Waals surface area (Å²) in [4.78, 5) is 14.4. The molecule has 0 saturated carbocycles. The number of rotatable bonds is 4. The molecule has 0 saturated heterocycles. The number of benzene rings is 2. The van der Waals surface area contributed by atoms with Crippen LogP contribution in [0.3, 0.4) is 0 Å². The first kappa shape index (κ1) is 20.0. The third-order valence-corrected chi connectivity index (χ3v) is 5.94. The van der Waals surface area contributed by atoms with Crippen LogP contribution in [0.15, 0.2) is 36.5 Å². The summed E-state index contributed by atoms with van der Waals surface area (Å²) >= 11 is 0. The standard InChI is InChI=1S/C24H28N4O2/c1-14-15(2)23-19(12-24(4,5)30-23)20(22(14)25)13-28(16(3)29)18-8-6-17(7-9-18)21-10-11-26-27-21/h6-11H,12-13,25H2,1-5H3,(H,26,27). The monoisotopic (exact) mass is 404 g/mol. The van der Waals surface area contributed by atoms with E-state index in [2.05, 4.69) is 24.0 Å². The van der Waals surface area contributed by atoms with E-state index in [1.165, 1.54) is 0 Å². The van der Waals surface area contributed by atoms with E-state index in [0.717, 1.165) is 57.1 Å². The molecule has 0 bridgehead atoms.